The number of rotatable bonds is 0. The molecule has 0 fully saturated rings. The molecule has 0 aliphatic heterocycles. The van der Waals surface area contributed by atoms with Crippen molar-refractivity contribution >= 4 is 9.52 Å². The molecule has 0 nitrogen and oxygen atoms in total. The summed E-state index contributed by atoms with van der Waals surface area (Å²) in [6, 6.07) is 0. The van der Waals surface area contributed by atoms with Crippen LogP contribution in [0.25, 0.3) is 0 Å². The van der Waals surface area contributed by atoms with Gasteiger partial charge in [0.25, 0.3) is 0 Å². The van der Waals surface area contributed by atoms with E-state index in [1.807, 2.05) is 0 Å². The van der Waals surface area contributed by atoms with Crippen LogP contribution in [-0.2, 0) is 26.2 Å². The fraction of sp³-hybridized carbons (Fsp3) is 0.478. The van der Waals surface area contributed by atoms with Gasteiger partial charge in [0, 0.05) is 9.52 Å². The van der Waals surface area contributed by atoms with E-state index < -0.39 is 0 Å². The Morgan fingerprint density at radius 3 is 1.19 bits per heavy atom. The van der Waals surface area contributed by atoms with Gasteiger partial charge in [-0.1, -0.05) is 47.7 Å². The van der Waals surface area contributed by atoms with E-state index in [9.17, 15) is 0 Å². The molecule has 27 heavy (non-hydrogen) atoms. The van der Waals surface area contributed by atoms with Crippen LogP contribution in [0.15, 0.2) is 53.2 Å². The van der Waals surface area contributed by atoms with Crippen molar-refractivity contribution in [3.05, 3.63) is 71.4 Å². The summed E-state index contributed by atoms with van der Waals surface area (Å²) >= 11 is 0. The largest absolute Gasteiger partial charge is 2.00 e. The molecule has 0 amide bonds. The molecule has 0 heterocycles. The Morgan fingerprint density at radius 1 is 0.741 bits per heavy atom. The molecule has 0 spiro atoms. The third-order valence-corrected chi connectivity index (χ3v) is 3.24. The van der Waals surface area contributed by atoms with Crippen molar-refractivity contribution in [1.29, 1.82) is 0 Å². The van der Waals surface area contributed by atoms with Gasteiger partial charge in [0.2, 0.25) is 0 Å². The molecule has 0 aromatic rings. The minimum Gasteiger partial charge on any atom is -1.00 e. The van der Waals surface area contributed by atoms with Gasteiger partial charge in [-0.25, -0.2) is 34.9 Å². The van der Waals surface area contributed by atoms with Gasteiger partial charge in [0.1, 0.15) is 0 Å². The van der Waals surface area contributed by atoms with Crippen molar-refractivity contribution in [3.63, 3.8) is 0 Å². The van der Waals surface area contributed by atoms with Crippen LogP contribution < -0.4 is 24.8 Å². The molecular weight excluding hydrogens is 466 g/mol. The van der Waals surface area contributed by atoms with Crippen LogP contribution in [0.3, 0.4) is 0 Å². The van der Waals surface area contributed by atoms with Gasteiger partial charge >= 0.3 is 26.2 Å². The number of allylic oxidation sites excluding steroid dienone is 12. The van der Waals surface area contributed by atoms with E-state index in [0.717, 1.165) is 28.8 Å². The van der Waals surface area contributed by atoms with Crippen LogP contribution in [0.1, 0.15) is 53.9 Å². The first-order valence-electron chi connectivity index (χ1n) is 8.81. The molecule has 0 saturated carbocycles. The predicted molar refractivity (Wildman–Crippen MR) is 111 cm³/mol. The molecule has 4 heteroatoms. The summed E-state index contributed by atoms with van der Waals surface area (Å²) in [5, 5.41) is 0. The first-order chi connectivity index (χ1) is 11.3. The number of hydrogen-bond acceptors (Lipinski definition) is 0. The van der Waals surface area contributed by atoms with E-state index in [4.69, 9.17) is 0 Å². The maximum atomic E-state index is 3.30. The maximum absolute atomic E-state index is 3.30. The summed E-state index contributed by atoms with van der Waals surface area (Å²) in [4.78, 5) is 0. The molecule has 0 unspecified atom stereocenters. The zero-order chi connectivity index (χ0) is 18.4. The summed E-state index contributed by atoms with van der Waals surface area (Å²) in [6.45, 7) is 15.2. The Kier molecular flexibility index (Phi) is 26.7. The van der Waals surface area contributed by atoms with Gasteiger partial charge in [-0.05, 0) is 5.41 Å². The van der Waals surface area contributed by atoms with Crippen LogP contribution in [0, 0.1) is 23.6 Å². The second-order valence-electron chi connectivity index (χ2n) is 6.96. The Bertz CT molecular complexity index is 500. The Balaban J connectivity index is -0.000000133. The third-order valence-electron chi connectivity index (χ3n) is 3.24. The smallest absolute Gasteiger partial charge is 1.00 e. The molecule has 0 aromatic carbocycles. The van der Waals surface area contributed by atoms with Crippen LogP contribution in [0.5, 0.6) is 0 Å². The van der Waals surface area contributed by atoms with Crippen LogP contribution in [-0.4, -0.2) is 9.52 Å². The van der Waals surface area contributed by atoms with E-state index in [2.05, 4.69) is 102 Å². The monoisotopic (exact) mass is 498 g/mol. The Labute approximate surface area is 203 Å². The Morgan fingerprint density at radius 2 is 1.07 bits per heavy atom. The van der Waals surface area contributed by atoms with Gasteiger partial charge in [-0.15, -0.1) is 19.3 Å². The molecule has 0 N–H and O–H groups in total. The first-order valence-corrected chi connectivity index (χ1v) is 11.1. The fourth-order valence-electron chi connectivity index (χ4n) is 1.95. The number of hydrogen-bond donors (Lipinski definition) is 0. The zero-order valence-electron chi connectivity index (χ0n) is 17.9. The van der Waals surface area contributed by atoms with E-state index >= 15 is 0 Å². The average Bonchev–Trinajstić information content (AvgIpc) is 3.21. The number of halogens is 2. The standard InChI is InChI=1S/C9H13.2C6H7.C2H7Si.2ClH.Zr/c1-9(2,3)8-6-4-5-7-8;2*1-6-4-2-3-5-6;1-3-2;;;/h4,6H,5H2,1-3H3;2*2,4H,3H2,1H3;3H,1-2H3;2*1H;/q3*-1;;;;+2/p-2. The van der Waals surface area contributed by atoms with Crippen molar-refractivity contribution in [3.8, 4) is 0 Å². The van der Waals surface area contributed by atoms with E-state index in [1.54, 1.807) is 0 Å². The van der Waals surface area contributed by atoms with Crippen molar-refractivity contribution in [1.82, 2.24) is 0 Å². The first kappa shape index (κ1) is 34.6. The maximum Gasteiger partial charge on any atom is 2.00 e. The summed E-state index contributed by atoms with van der Waals surface area (Å²) in [5.74, 6) is 0. The van der Waals surface area contributed by atoms with Gasteiger partial charge < -0.3 is 24.8 Å². The molecule has 0 aromatic heterocycles. The minimum atomic E-state index is 0. The van der Waals surface area contributed by atoms with Gasteiger partial charge in [-0.3, -0.25) is 18.2 Å². The van der Waals surface area contributed by atoms with E-state index in [1.165, 1.54) is 16.7 Å². The van der Waals surface area contributed by atoms with Crippen molar-refractivity contribution < 1.29 is 51.0 Å². The molecule has 0 saturated heterocycles. The van der Waals surface area contributed by atoms with Crippen molar-refractivity contribution in [2.75, 3.05) is 0 Å². The molecule has 0 atom stereocenters. The molecule has 1 radical (unpaired) electrons. The summed E-state index contributed by atoms with van der Waals surface area (Å²) < 4.78 is 0. The van der Waals surface area contributed by atoms with Gasteiger partial charge in [0.05, 0.1) is 0 Å². The van der Waals surface area contributed by atoms with Crippen molar-refractivity contribution in [2.45, 2.75) is 67.0 Å². The molecule has 3 aliphatic rings. The van der Waals surface area contributed by atoms with E-state index in [0.29, 0.717) is 5.41 Å². The summed E-state index contributed by atoms with van der Waals surface area (Å²) in [6.07, 6.45) is 25.3. The second-order valence-corrected chi connectivity index (χ2v) is 8.11. The Hall–Kier alpha value is 0.120. The quantitative estimate of drug-likeness (QED) is 0.338. The van der Waals surface area contributed by atoms with Crippen LogP contribution in [0.4, 0.5) is 0 Å². The van der Waals surface area contributed by atoms with Crippen LogP contribution >= 0.6 is 0 Å². The molecular formula is C23H34Cl2SiZr-3. The minimum absolute atomic E-state index is 0. The predicted octanol–water partition coefficient (Wildman–Crippen LogP) is 0.638. The molecule has 3 aliphatic carbocycles. The normalized spacial score (nSPS) is 15.0. The van der Waals surface area contributed by atoms with Gasteiger partial charge in [-0.2, -0.15) is 18.2 Å². The van der Waals surface area contributed by atoms with Crippen LogP contribution in [0.2, 0.25) is 13.1 Å². The van der Waals surface area contributed by atoms with Gasteiger partial charge in [0.15, 0.2) is 0 Å². The third kappa shape index (κ3) is 20.7. The second kappa shape index (κ2) is 20.8. The molecule has 3 rings (SSSR count). The zero-order valence-corrected chi connectivity index (χ0v) is 23.0. The average molecular weight is 501 g/mol. The summed E-state index contributed by atoms with van der Waals surface area (Å²) in [7, 11) is 0.750. The topological polar surface area (TPSA) is 0 Å². The molecule has 0 bridgehead atoms. The SMILES string of the molecule is CC(C)(C)C1=[C-]CC=C1.CC1=[C-]CC=C1.CC1=[C-]CC=C1.C[SiH]C.[Cl-].[Cl-].[Zr+2]. The molecule has 151 valence electrons. The fourth-order valence-corrected chi connectivity index (χ4v) is 1.95. The summed E-state index contributed by atoms with van der Waals surface area (Å²) in [5.41, 5.74) is 4.19. The van der Waals surface area contributed by atoms with Crippen molar-refractivity contribution in [2.24, 2.45) is 5.41 Å². The van der Waals surface area contributed by atoms with E-state index in [-0.39, 0.29) is 51.0 Å².